The third kappa shape index (κ3) is 9.44. The fourth-order valence-electron chi connectivity index (χ4n) is 5.15. The molecule has 3 aromatic rings. The third-order valence-electron chi connectivity index (χ3n) is 9.49. The lowest BCUT2D eigenvalue weighted by molar-refractivity contribution is -0.144. The van der Waals surface area contributed by atoms with Crippen molar-refractivity contribution in [1.29, 1.82) is 0 Å². The molecule has 0 saturated carbocycles. The maximum atomic E-state index is 14.2. The smallest absolute Gasteiger partial charge is 0.335 e. The van der Waals surface area contributed by atoms with Crippen molar-refractivity contribution in [2.24, 2.45) is 5.41 Å². The number of anilines is 1. The van der Waals surface area contributed by atoms with E-state index >= 15 is 0 Å². The molecule has 0 spiro atoms. The molecule has 0 saturated heterocycles. The molecule has 2 unspecified atom stereocenters. The largest absolute Gasteiger partial charge is 0.480 e. The summed E-state index contributed by atoms with van der Waals surface area (Å²) in [6.07, 6.45) is 1.34. The lowest BCUT2D eigenvalue weighted by Gasteiger charge is -2.34. The minimum absolute atomic E-state index is 0.00000493. The molecule has 10 heteroatoms. The highest BCUT2D eigenvalue weighted by Crippen LogP contribution is 2.39. The maximum Gasteiger partial charge on any atom is 0.335 e. The van der Waals surface area contributed by atoms with Crippen LogP contribution in [0.25, 0.3) is 0 Å². The fraction of sp³-hybridized carbons (Fsp3) is 0.450. The van der Waals surface area contributed by atoms with Gasteiger partial charge >= 0.3 is 11.0 Å². The number of carbonyl (C=O) groups is 4. The van der Waals surface area contributed by atoms with Gasteiger partial charge in [-0.1, -0.05) is 104 Å². The first kappa shape index (κ1) is 40.1. The van der Waals surface area contributed by atoms with Gasteiger partial charge in [-0.15, -0.1) is 0 Å². The SMILES string of the molecule is CCC(Oc1ccc(C(C)(C)CC)cc1C(C)(C)CC)C(=O)NCC(C)(C)C(=O)C(Cl)(Oc1ccc(C(=O)O)cc1)C(=O)Nc1ccccc1. The second-order valence-corrected chi connectivity index (χ2v) is 15.0. The Morgan fingerprint density at radius 2 is 1.42 bits per heavy atom. The van der Waals surface area contributed by atoms with Crippen molar-refractivity contribution in [2.75, 3.05) is 11.9 Å². The van der Waals surface area contributed by atoms with Crippen molar-refractivity contribution in [3.8, 4) is 11.5 Å². The fourth-order valence-corrected chi connectivity index (χ4v) is 5.54. The number of nitrogens with one attached hydrogen (secondary N) is 2. The molecule has 0 fully saturated rings. The molecule has 3 rings (SSSR count). The van der Waals surface area contributed by atoms with Gasteiger partial charge in [-0.25, -0.2) is 4.79 Å². The van der Waals surface area contributed by atoms with Crippen LogP contribution in [-0.4, -0.2) is 46.4 Å². The molecule has 2 atom stereocenters. The highest BCUT2D eigenvalue weighted by molar-refractivity contribution is 6.47. The summed E-state index contributed by atoms with van der Waals surface area (Å²) in [6, 6.07) is 19.8. The van der Waals surface area contributed by atoms with E-state index in [1.807, 2.05) is 13.0 Å². The first-order chi connectivity index (χ1) is 23.3. The molecule has 0 aliphatic carbocycles. The lowest BCUT2D eigenvalue weighted by Crippen LogP contribution is -2.57. The summed E-state index contributed by atoms with van der Waals surface area (Å²) in [4.78, 5) is 52.8. The standard InChI is InChI=1S/C40H51ClN2O7/c1-10-31(49-32-23-20-27(37(4,5)11-2)24-30(32)38(6,7)12-3)33(44)42-25-39(8,9)35(47)40(41,36(48)43-28-16-14-13-15-17-28)50-29-21-18-26(19-22-29)34(45)46/h13-24,31H,10-12,25H2,1-9H3,(H,42,44)(H,43,48)(H,45,46). The van der Waals surface area contributed by atoms with Crippen molar-refractivity contribution < 1.29 is 33.8 Å². The third-order valence-corrected chi connectivity index (χ3v) is 9.91. The number of carboxylic acids is 1. The number of hydrogen-bond acceptors (Lipinski definition) is 6. The van der Waals surface area contributed by atoms with Gasteiger partial charge in [-0.2, -0.15) is 0 Å². The van der Waals surface area contributed by atoms with E-state index in [0.29, 0.717) is 17.9 Å². The van der Waals surface area contributed by atoms with E-state index in [1.165, 1.54) is 29.8 Å². The van der Waals surface area contributed by atoms with Crippen LogP contribution in [0.1, 0.15) is 103 Å². The molecule has 0 aromatic heterocycles. The number of alkyl halides is 1. The molecule has 0 bridgehead atoms. The molecule has 3 aromatic carbocycles. The number of benzene rings is 3. The van der Waals surface area contributed by atoms with Crippen LogP contribution < -0.4 is 20.1 Å². The number of Topliss-reactive ketones (excluding diaryl/α,β-unsaturated/α-hetero) is 1. The van der Waals surface area contributed by atoms with Crippen LogP contribution >= 0.6 is 11.6 Å². The summed E-state index contributed by atoms with van der Waals surface area (Å²) in [5.74, 6) is -2.72. The summed E-state index contributed by atoms with van der Waals surface area (Å²) >= 11 is 6.82. The minimum atomic E-state index is -2.58. The average Bonchev–Trinajstić information content (AvgIpc) is 3.09. The number of rotatable bonds is 17. The second-order valence-electron chi connectivity index (χ2n) is 14.5. The zero-order chi connectivity index (χ0) is 37.5. The van der Waals surface area contributed by atoms with Gasteiger partial charge in [0.25, 0.3) is 11.8 Å². The molecule has 0 aliphatic heterocycles. The van der Waals surface area contributed by atoms with Crippen molar-refractivity contribution in [3.05, 3.63) is 89.5 Å². The van der Waals surface area contributed by atoms with Crippen LogP contribution in [-0.2, 0) is 25.2 Å². The maximum absolute atomic E-state index is 14.2. The van der Waals surface area contributed by atoms with Gasteiger partial charge in [0.2, 0.25) is 5.78 Å². The van der Waals surface area contributed by atoms with Gasteiger partial charge in [-0.05, 0) is 78.1 Å². The molecule has 0 radical (unpaired) electrons. The predicted molar refractivity (Wildman–Crippen MR) is 197 cm³/mol. The van der Waals surface area contributed by atoms with E-state index < -0.39 is 40.1 Å². The van der Waals surface area contributed by atoms with Crippen LogP contribution in [0.3, 0.4) is 0 Å². The van der Waals surface area contributed by atoms with Crippen LogP contribution in [0.5, 0.6) is 11.5 Å². The predicted octanol–water partition coefficient (Wildman–Crippen LogP) is 8.28. The minimum Gasteiger partial charge on any atom is -0.480 e. The zero-order valence-electron chi connectivity index (χ0n) is 30.6. The molecule has 50 heavy (non-hydrogen) atoms. The zero-order valence-corrected chi connectivity index (χ0v) is 31.4. The lowest BCUT2D eigenvalue weighted by atomic mass is 9.76. The average molecular weight is 707 g/mol. The number of para-hydroxylation sites is 1. The number of ether oxygens (including phenoxy) is 2. The van der Waals surface area contributed by atoms with Gasteiger partial charge in [0.15, 0.2) is 6.10 Å². The quantitative estimate of drug-likeness (QED) is 0.0951. The summed E-state index contributed by atoms with van der Waals surface area (Å²) in [7, 11) is 0. The van der Waals surface area contributed by atoms with Gasteiger partial charge in [0.1, 0.15) is 11.5 Å². The number of aromatic carboxylic acids is 1. The monoisotopic (exact) mass is 706 g/mol. The van der Waals surface area contributed by atoms with Gasteiger partial charge in [0, 0.05) is 23.2 Å². The number of halogens is 1. The van der Waals surface area contributed by atoms with Crippen molar-refractivity contribution in [1.82, 2.24) is 5.32 Å². The van der Waals surface area contributed by atoms with E-state index in [1.54, 1.807) is 44.2 Å². The van der Waals surface area contributed by atoms with Crippen LogP contribution in [0, 0.1) is 5.41 Å². The highest BCUT2D eigenvalue weighted by Gasteiger charge is 2.53. The normalized spacial score (nSPS) is 13.8. The number of amides is 2. The van der Waals surface area contributed by atoms with Crippen LogP contribution in [0.15, 0.2) is 72.8 Å². The Morgan fingerprint density at radius 3 is 1.96 bits per heavy atom. The molecular weight excluding hydrogens is 656 g/mol. The highest BCUT2D eigenvalue weighted by atomic mass is 35.5. The van der Waals surface area contributed by atoms with E-state index in [-0.39, 0.29) is 28.7 Å². The molecule has 270 valence electrons. The second kappa shape index (κ2) is 16.1. The molecule has 0 aliphatic rings. The Labute approximate surface area is 301 Å². The molecule has 2 amide bonds. The van der Waals surface area contributed by atoms with Crippen molar-refractivity contribution in [2.45, 2.75) is 104 Å². The first-order valence-corrected chi connectivity index (χ1v) is 17.4. The van der Waals surface area contributed by atoms with Crippen LogP contribution in [0.2, 0.25) is 0 Å². The van der Waals surface area contributed by atoms with Crippen LogP contribution in [0.4, 0.5) is 5.69 Å². The van der Waals surface area contributed by atoms with Crippen molar-refractivity contribution in [3.63, 3.8) is 0 Å². The van der Waals surface area contributed by atoms with Gasteiger partial charge in [0.05, 0.1) is 5.56 Å². The number of carbonyl (C=O) groups excluding carboxylic acids is 3. The van der Waals surface area contributed by atoms with Gasteiger partial charge in [-0.3, -0.25) is 14.4 Å². The summed E-state index contributed by atoms with van der Waals surface area (Å²) in [5.41, 5.74) is 0.931. The Bertz CT molecular complexity index is 1670. The Hall–Kier alpha value is -4.37. The summed E-state index contributed by atoms with van der Waals surface area (Å²) in [6.45, 7) is 17.8. The van der Waals surface area contributed by atoms with E-state index in [0.717, 1.165) is 18.4 Å². The number of carboxylic acid groups (broad SMARTS) is 1. The molecule has 9 nitrogen and oxygen atoms in total. The summed E-state index contributed by atoms with van der Waals surface area (Å²) in [5, 5.41) is 12.2. The Balaban J connectivity index is 1.87. The molecular formula is C40H51ClN2O7. The van der Waals surface area contributed by atoms with E-state index in [2.05, 4.69) is 64.3 Å². The number of hydrogen-bond donors (Lipinski definition) is 3. The van der Waals surface area contributed by atoms with E-state index in [9.17, 15) is 24.3 Å². The van der Waals surface area contributed by atoms with Gasteiger partial charge < -0.3 is 25.2 Å². The number of ketones is 1. The van der Waals surface area contributed by atoms with Crippen molar-refractivity contribution >= 4 is 40.9 Å². The van der Waals surface area contributed by atoms with E-state index in [4.69, 9.17) is 21.1 Å². The Kier molecular flexibility index (Phi) is 12.9. The molecule has 3 N–H and O–H groups in total. The molecule has 0 heterocycles. The Morgan fingerprint density at radius 1 is 0.820 bits per heavy atom. The summed E-state index contributed by atoms with van der Waals surface area (Å²) < 4.78 is 12.2. The first-order valence-electron chi connectivity index (χ1n) is 17.0. The topological polar surface area (TPSA) is 131 Å².